The number of amides is 2. The summed E-state index contributed by atoms with van der Waals surface area (Å²) < 4.78 is 0. The van der Waals surface area contributed by atoms with Crippen molar-refractivity contribution in [3.63, 3.8) is 0 Å². The molecule has 22 heavy (non-hydrogen) atoms. The second-order valence-electron chi connectivity index (χ2n) is 4.91. The Kier molecular flexibility index (Phi) is 5.85. The molecule has 2 aromatic rings. The van der Waals surface area contributed by atoms with E-state index in [1.54, 1.807) is 6.20 Å². The van der Waals surface area contributed by atoms with Gasteiger partial charge in [-0.05, 0) is 12.1 Å². The number of fused-ring (bicyclic) bond motifs is 1. The lowest BCUT2D eigenvalue weighted by Crippen LogP contribution is -2.35. The number of carbonyl (C=O) groups excluding carboxylic acids is 2. The third-order valence-electron chi connectivity index (χ3n) is 3.12. The lowest BCUT2D eigenvalue weighted by molar-refractivity contribution is -0.118. The number of nitrogens with zero attached hydrogens (tertiary/aromatic N) is 1. The van der Waals surface area contributed by atoms with Crippen LogP contribution in [0.5, 0.6) is 0 Å². The highest BCUT2D eigenvalue weighted by Gasteiger charge is 2.06. The molecule has 0 aliphatic rings. The average Bonchev–Trinajstić information content (AvgIpc) is 2.53. The molecular formula is C16H20N4O2. The summed E-state index contributed by atoms with van der Waals surface area (Å²) in [7, 11) is 0. The number of nitrogens with one attached hydrogen (secondary N) is 3. The number of rotatable bonds is 7. The molecule has 0 atom stereocenters. The summed E-state index contributed by atoms with van der Waals surface area (Å²) in [6, 6.07) is 9.52. The van der Waals surface area contributed by atoms with Gasteiger partial charge in [-0.1, -0.05) is 18.2 Å². The minimum atomic E-state index is -0.137. The van der Waals surface area contributed by atoms with Gasteiger partial charge >= 0.3 is 0 Å². The number of pyridine rings is 1. The van der Waals surface area contributed by atoms with Crippen LogP contribution in [0.4, 0.5) is 0 Å². The first kappa shape index (κ1) is 15.9. The maximum Gasteiger partial charge on any atom is 0.252 e. The Bertz CT molecular complexity index is 657. The van der Waals surface area contributed by atoms with Crippen molar-refractivity contribution in [3.05, 3.63) is 42.1 Å². The summed E-state index contributed by atoms with van der Waals surface area (Å²) in [5.74, 6) is -0.180. The van der Waals surface area contributed by atoms with E-state index in [2.05, 4.69) is 20.9 Å². The van der Waals surface area contributed by atoms with Crippen molar-refractivity contribution in [2.45, 2.75) is 6.92 Å². The molecule has 6 nitrogen and oxygen atoms in total. The average molecular weight is 300 g/mol. The van der Waals surface area contributed by atoms with Crippen LogP contribution in [-0.4, -0.2) is 43.0 Å². The Labute approximate surface area is 129 Å². The molecule has 1 aromatic heterocycles. The lowest BCUT2D eigenvalue weighted by Gasteiger charge is -2.07. The van der Waals surface area contributed by atoms with Gasteiger partial charge in [0, 0.05) is 44.7 Å². The highest BCUT2D eigenvalue weighted by molar-refractivity contribution is 5.97. The van der Waals surface area contributed by atoms with Crippen molar-refractivity contribution >= 4 is 22.7 Å². The molecule has 0 fully saturated rings. The van der Waals surface area contributed by atoms with E-state index in [1.807, 2.05) is 30.3 Å². The second kappa shape index (κ2) is 8.09. The Morgan fingerprint density at radius 2 is 1.77 bits per heavy atom. The quantitative estimate of drug-likeness (QED) is 0.657. The van der Waals surface area contributed by atoms with Gasteiger partial charge in [0.05, 0.1) is 11.1 Å². The first-order valence-corrected chi connectivity index (χ1v) is 7.25. The zero-order chi connectivity index (χ0) is 15.8. The van der Waals surface area contributed by atoms with Gasteiger partial charge < -0.3 is 16.0 Å². The van der Waals surface area contributed by atoms with Crippen LogP contribution in [0.2, 0.25) is 0 Å². The topological polar surface area (TPSA) is 83.1 Å². The van der Waals surface area contributed by atoms with E-state index in [1.165, 1.54) is 6.92 Å². The molecular weight excluding hydrogens is 280 g/mol. The van der Waals surface area contributed by atoms with Crippen LogP contribution >= 0.6 is 0 Å². The molecule has 0 saturated carbocycles. The standard InChI is InChI=1S/C16H20N4O2/c1-12(21)18-8-6-17-7-9-19-16(22)14-10-13-4-2-3-5-15(13)20-11-14/h2-5,10-11,17H,6-9H2,1H3,(H,18,21)(H,19,22). The van der Waals surface area contributed by atoms with Gasteiger partial charge in [0.25, 0.3) is 5.91 Å². The Balaban J connectivity index is 1.73. The van der Waals surface area contributed by atoms with Crippen LogP contribution in [0.15, 0.2) is 36.5 Å². The van der Waals surface area contributed by atoms with Crippen LogP contribution in [0.3, 0.4) is 0 Å². The molecule has 2 rings (SSSR count). The molecule has 1 heterocycles. The molecule has 1 aromatic carbocycles. The molecule has 0 spiro atoms. The van der Waals surface area contributed by atoms with Crippen molar-refractivity contribution < 1.29 is 9.59 Å². The number of aromatic nitrogens is 1. The van der Waals surface area contributed by atoms with Crippen molar-refractivity contribution in [1.82, 2.24) is 20.9 Å². The van der Waals surface area contributed by atoms with Crippen LogP contribution < -0.4 is 16.0 Å². The first-order valence-electron chi connectivity index (χ1n) is 7.25. The maximum absolute atomic E-state index is 12.0. The maximum atomic E-state index is 12.0. The summed E-state index contributed by atoms with van der Waals surface area (Å²) in [4.78, 5) is 27.0. The predicted molar refractivity (Wildman–Crippen MR) is 85.6 cm³/mol. The molecule has 0 radical (unpaired) electrons. The highest BCUT2D eigenvalue weighted by Crippen LogP contribution is 2.12. The van der Waals surface area contributed by atoms with E-state index in [4.69, 9.17) is 0 Å². The van der Waals surface area contributed by atoms with Gasteiger partial charge in [-0.15, -0.1) is 0 Å². The normalized spacial score (nSPS) is 10.4. The van der Waals surface area contributed by atoms with Gasteiger partial charge in [0.2, 0.25) is 5.91 Å². The SMILES string of the molecule is CC(=O)NCCNCCNC(=O)c1cnc2ccccc2c1. The van der Waals surface area contributed by atoms with Gasteiger partial charge in [-0.3, -0.25) is 14.6 Å². The molecule has 0 aliphatic heterocycles. The zero-order valence-electron chi connectivity index (χ0n) is 12.6. The fourth-order valence-corrected chi connectivity index (χ4v) is 2.01. The van der Waals surface area contributed by atoms with Gasteiger partial charge in [-0.25, -0.2) is 0 Å². The van der Waals surface area contributed by atoms with Gasteiger partial charge in [0.1, 0.15) is 0 Å². The largest absolute Gasteiger partial charge is 0.355 e. The van der Waals surface area contributed by atoms with Crippen molar-refractivity contribution in [2.24, 2.45) is 0 Å². The van der Waals surface area contributed by atoms with E-state index in [0.717, 1.165) is 10.9 Å². The van der Waals surface area contributed by atoms with Crippen molar-refractivity contribution in [2.75, 3.05) is 26.2 Å². The molecule has 6 heteroatoms. The number of carbonyl (C=O) groups is 2. The van der Waals surface area contributed by atoms with E-state index in [-0.39, 0.29) is 11.8 Å². The fraction of sp³-hybridized carbons (Fsp3) is 0.312. The lowest BCUT2D eigenvalue weighted by atomic mass is 10.1. The van der Waals surface area contributed by atoms with Crippen LogP contribution in [0.25, 0.3) is 10.9 Å². The second-order valence-corrected chi connectivity index (χ2v) is 4.91. The summed E-state index contributed by atoms with van der Waals surface area (Å²) in [6.07, 6.45) is 1.59. The van der Waals surface area contributed by atoms with E-state index >= 15 is 0 Å². The number of hydrogen-bond donors (Lipinski definition) is 3. The summed E-state index contributed by atoms with van der Waals surface area (Å²) in [5, 5.41) is 9.61. The third kappa shape index (κ3) is 4.82. The summed E-state index contributed by atoms with van der Waals surface area (Å²) in [6.45, 7) is 3.90. The Morgan fingerprint density at radius 1 is 1.05 bits per heavy atom. The molecule has 116 valence electrons. The summed E-state index contributed by atoms with van der Waals surface area (Å²) in [5.41, 5.74) is 1.43. The highest BCUT2D eigenvalue weighted by atomic mass is 16.2. The van der Waals surface area contributed by atoms with E-state index < -0.39 is 0 Å². The molecule has 0 saturated heterocycles. The van der Waals surface area contributed by atoms with Crippen LogP contribution in [0, 0.1) is 0 Å². The van der Waals surface area contributed by atoms with E-state index in [9.17, 15) is 9.59 Å². The zero-order valence-corrected chi connectivity index (χ0v) is 12.6. The predicted octanol–water partition coefficient (Wildman–Crippen LogP) is 0.690. The molecule has 3 N–H and O–H groups in total. The fourth-order valence-electron chi connectivity index (χ4n) is 2.01. The smallest absolute Gasteiger partial charge is 0.252 e. The number of para-hydroxylation sites is 1. The first-order chi connectivity index (χ1) is 10.7. The number of benzene rings is 1. The third-order valence-corrected chi connectivity index (χ3v) is 3.12. The molecule has 0 unspecified atom stereocenters. The molecule has 2 amide bonds. The number of hydrogen-bond acceptors (Lipinski definition) is 4. The van der Waals surface area contributed by atoms with Gasteiger partial charge in [0.15, 0.2) is 0 Å². The van der Waals surface area contributed by atoms with Crippen molar-refractivity contribution in [3.8, 4) is 0 Å². The minimum absolute atomic E-state index is 0.0427. The van der Waals surface area contributed by atoms with Crippen LogP contribution in [0.1, 0.15) is 17.3 Å². The van der Waals surface area contributed by atoms with E-state index in [0.29, 0.717) is 31.7 Å². The Hall–Kier alpha value is -2.47. The van der Waals surface area contributed by atoms with Crippen molar-refractivity contribution in [1.29, 1.82) is 0 Å². The monoisotopic (exact) mass is 300 g/mol. The molecule has 0 aliphatic carbocycles. The van der Waals surface area contributed by atoms with Gasteiger partial charge in [-0.2, -0.15) is 0 Å². The Morgan fingerprint density at radius 3 is 2.55 bits per heavy atom. The minimum Gasteiger partial charge on any atom is -0.355 e. The summed E-state index contributed by atoms with van der Waals surface area (Å²) >= 11 is 0. The molecule has 0 bridgehead atoms. The van der Waals surface area contributed by atoms with Crippen LogP contribution in [-0.2, 0) is 4.79 Å².